The van der Waals surface area contributed by atoms with Crippen LogP contribution < -0.4 is 0 Å². The molecular formula is C13H18. The molecule has 5 atom stereocenters. The fourth-order valence-electron chi connectivity index (χ4n) is 7.69. The summed E-state index contributed by atoms with van der Waals surface area (Å²) in [5, 5.41) is 0. The first-order chi connectivity index (χ1) is 5.91. The van der Waals surface area contributed by atoms with Gasteiger partial charge in [0, 0.05) is 0 Å². The summed E-state index contributed by atoms with van der Waals surface area (Å²) in [6.45, 7) is 10.0. The molecule has 5 saturated carbocycles. The van der Waals surface area contributed by atoms with Crippen molar-refractivity contribution < 1.29 is 0 Å². The van der Waals surface area contributed by atoms with Gasteiger partial charge in [-0.05, 0) is 51.8 Å². The Morgan fingerprint density at radius 2 is 1.69 bits per heavy atom. The Hall–Kier alpha value is 0. The first-order valence-electron chi connectivity index (χ1n) is 5.91. The maximum atomic E-state index is 2.53. The predicted molar refractivity (Wildman–Crippen MR) is 51.1 cm³/mol. The minimum absolute atomic E-state index is 0.719. The molecule has 5 fully saturated rings. The molecule has 0 aromatic carbocycles. The molecule has 5 aliphatic carbocycles. The number of rotatable bonds is 0. The van der Waals surface area contributed by atoms with Crippen molar-refractivity contribution in [2.45, 2.75) is 40.5 Å². The van der Waals surface area contributed by atoms with E-state index in [-0.39, 0.29) is 0 Å². The normalized spacial score (nSPS) is 80.3. The topological polar surface area (TPSA) is 0 Å². The van der Waals surface area contributed by atoms with E-state index in [4.69, 9.17) is 0 Å². The van der Waals surface area contributed by atoms with E-state index in [1.54, 1.807) is 12.8 Å². The zero-order valence-electron chi connectivity index (χ0n) is 9.07. The molecule has 13 heavy (non-hydrogen) atoms. The smallest absolute Gasteiger partial charge is 0.00735 e. The molecule has 5 aliphatic rings. The van der Waals surface area contributed by atoms with Crippen LogP contribution in [0.3, 0.4) is 0 Å². The van der Waals surface area contributed by atoms with E-state index in [0.29, 0.717) is 0 Å². The van der Waals surface area contributed by atoms with Crippen molar-refractivity contribution in [3.63, 3.8) is 0 Å². The van der Waals surface area contributed by atoms with Gasteiger partial charge in [-0.15, -0.1) is 0 Å². The molecule has 0 heteroatoms. The monoisotopic (exact) mass is 174 g/mol. The van der Waals surface area contributed by atoms with Crippen molar-refractivity contribution in [3.05, 3.63) is 0 Å². The maximum absolute atomic E-state index is 2.53. The van der Waals surface area contributed by atoms with Crippen LogP contribution in [0.5, 0.6) is 0 Å². The lowest BCUT2D eigenvalue weighted by atomic mass is 9.39. The maximum Gasteiger partial charge on any atom is -0.00735 e. The van der Waals surface area contributed by atoms with Crippen LogP contribution in [0, 0.1) is 38.9 Å². The van der Waals surface area contributed by atoms with Crippen LogP contribution in [0.25, 0.3) is 0 Å². The largest absolute Gasteiger partial charge is 0.0596 e. The first-order valence-corrected chi connectivity index (χ1v) is 5.91. The van der Waals surface area contributed by atoms with E-state index in [2.05, 4.69) is 27.7 Å². The molecule has 0 aliphatic heterocycles. The van der Waals surface area contributed by atoms with E-state index in [9.17, 15) is 0 Å². The molecule has 5 rings (SSSR count). The average molecular weight is 174 g/mol. The van der Waals surface area contributed by atoms with Crippen molar-refractivity contribution in [1.29, 1.82) is 0 Å². The first kappa shape index (κ1) is 6.48. The molecule has 0 bridgehead atoms. The highest BCUT2D eigenvalue weighted by atomic mass is 15.3. The van der Waals surface area contributed by atoms with Gasteiger partial charge < -0.3 is 0 Å². The summed E-state index contributed by atoms with van der Waals surface area (Å²) in [7, 11) is 0. The van der Waals surface area contributed by atoms with Crippen molar-refractivity contribution in [2.75, 3.05) is 0 Å². The third kappa shape index (κ3) is 0.238. The standard InChI is InChI=1S/C13H18/c1-9(2)6-12-7(9)5-11(12)8-10(3,4)13(8,11)12/h7-8H,5-6H2,1-4H3. The van der Waals surface area contributed by atoms with Crippen molar-refractivity contribution >= 4 is 0 Å². The van der Waals surface area contributed by atoms with E-state index in [0.717, 1.165) is 33.0 Å². The van der Waals surface area contributed by atoms with Gasteiger partial charge in [-0.25, -0.2) is 0 Å². The van der Waals surface area contributed by atoms with Crippen molar-refractivity contribution in [2.24, 2.45) is 38.9 Å². The lowest BCUT2D eigenvalue weighted by molar-refractivity contribution is -0.167. The molecule has 3 spiro atoms. The fraction of sp³-hybridized carbons (Fsp3) is 1.00. The van der Waals surface area contributed by atoms with Crippen LogP contribution in [-0.4, -0.2) is 0 Å². The molecule has 0 saturated heterocycles. The van der Waals surface area contributed by atoms with E-state index in [1.165, 1.54) is 5.92 Å². The molecule has 0 amide bonds. The Morgan fingerprint density at radius 1 is 1.00 bits per heavy atom. The molecule has 5 unspecified atom stereocenters. The molecule has 0 heterocycles. The quantitative estimate of drug-likeness (QED) is 0.529. The second-order valence-electron chi connectivity index (χ2n) is 7.83. The van der Waals surface area contributed by atoms with Crippen LogP contribution in [0.15, 0.2) is 0 Å². The van der Waals surface area contributed by atoms with Gasteiger partial charge in [0.15, 0.2) is 0 Å². The van der Waals surface area contributed by atoms with Gasteiger partial charge in [0.1, 0.15) is 0 Å². The van der Waals surface area contributed by atoms with Gasteiger partial charge in [-0.1, -0.05) is 27.7 Å². The van der Waals surface area contributed by atoms with E-state index in [1.807, 2.05) is 0 Å². The van der Waals surface area contributed by atoms with Gasteiger partial charge in [0.2, 0.25) is 0 Å². The molecular weight excluding hydrogens is 156 g/mol. The second kappa shape index (κ2) is 1.01. The fourth-order valence-corrected chi connectivity index (χ4v) is 7.69. The highest BCUT2D eigenvalue weighted by Crippen LogP contribution is 3.29. The minimum Gasteiger partial charge on any atom is -0.0596 e. The molecule has 0 radical (unpaired) electrons. The Balaban J connectivity index is 1.65. The van der Waals surface area contributed by atoms with E-state index < -0.39 is 0 Å². The van der Waals surface area contributed by atoms with Gasteiger partial charge in [0.25, 0.3) is 0 Å². The summed E-state index contributed by atoms with van der Waals surface area (Å²) < 4.78 is 0. The zero-order valence-corrected chi connectivity index (χ0v) is 9.07. The summed E-state index contributed by atoms with van der Waals surface area (Å²) in [4.78, 5) is 0. The molecule has 0 aromatic heterocycles. The summed E-state index contributed by atoms with van der Waals surface area (Å²) in [6, 6.07) is 0. The highest BCUT2D eigenvalue weighted by Gasteiger charge is 3.26. The lowest BCUT2D eigenvalue weighted by Gasteiger charge is -2.65. The number of hydrogen-bond acceptors (Lipinski definition) is 0. The van der Waals surface area contributed by atoms with Gasteiger partial charge in [-0.2, -0.15) is 0 Å². The van der Waals surface area contributed by atoms with Crippen molar-refractivity contribution in [3.8, 4) is 0 Å². The molecule has 0 nitrogen and oxygen atoms in total. The number of hydrogen-bond donors (Lipinski definition) is 0. The molecule has 0 N–H and O–H groups in total. The van der Waals surface area contributed by atoms with Crippen LogP contribution in [0.4, 0.5) is 0 Å². The Bertz CT molecular complexity index is 391. The average Bonchev–Trinajstić information content (AvgIpc) is 2.82. The van der Waals surface area contributed by atoms with Crippen LogP contribution in [-0.2, 0) is 0 Å². The lowest BCUT2D eigenvalue weighted by Crippen LogP contribution is -2.58. The van der Waals surface area contributed by atoms with Gasteiger partial charge in [0.05, 0.1) is 0 Å². The summed E-state index contributed by atoms with van der Waals surface area (Å²) in [6.07, 6.45) is 3.19. The predicted octanol–water partition coefficient (Wildman–Crippen LogP) is 3.08. The van der Waals surface area contributed by atoms with Gasteiger partial charge >= 0.3 is 0 Å². The molecule has 0 aromatic rings. The summed E-state index contributed by atoms with van der Waals surface area (Å²) >= 11 is 0. The van der Waals surface area contributed by atoms with Crippen LogP contribution in [0.2, 0.25) is 0 Å². The summed E-state index contributed by atoms with van der Waals surface area (Å²) in [5.41, 5.74) is 4.35. The minimum atomic E-state index is 0.719. The summed E-state index contributed by atoms with van der Waals surface area (Å²) in [5.74, 6) is 2.33. The van der Waals surface area contributed by atoms with Gasteiger partial charge in [-0.3, -0.25) is 0 Å². The third-order valence-electron chi connectivity index (χ3n) is 7.44. The SMILES string of the molecule is CC1(C)CC23C1CC21C2C(C)(C)C231. The zero-order chi connectivity index (χ0) is 9.07. The van der Waals surface area contributed by atoms with Crippen LogP contribution >= 0.6 is 0 Å². The Labute approximate surface area is 80.1 Å². The molecule has 70 valence electrons. The van der Waals surface area contributed by atoms with E-state index >= 15 is 0 Å². The Morgan fingerprint density at radius 3 is 2.08 bits per heavy atom. The second-order valence-corrected chi connectivity index (χ2v) is 7.83. The van der Waals surface area contributed by atoms with Crippen LogP contribution in [0.1, 0.15) is 40.5 Å². The third-order valence-corrected chi connectivity index (χ3v) is 7.44. The highest BCUT2D eigenvalue weighted by molar-refractivity contribution is 5.72. The Kier molecular flexibility index (Phi) is 0.501. The van der Waals surface area contributed by atoms with Crippen molar-refractivity contribution in [1.82, 2.24) is 0 Å².